The smallest absolute Gasteiger partial charge is 0.239 e. The number of carbonyl (C=O) groups is 1. The number of nitrogens with one attached hydrogen (secondary N) is 1. The van der Waals surface area contributed by atoms with Crippen LogP contribution in [0.3, 0.4) is 0 Å². The highest BCUT2D eigenvalue weighted by Gasteiger charge is 2.21. The number of carbonyl (C=O) groups excluding carboxylic acids is 1. The van der Waals surface area contributed by atoms with E-state index < -0.39 is 0 Å². The van der Waals surface area contributed by atoms with Gasteiger partial charge in [-0.25, -0.2) is 0 Å². The summed E-state index contributed by atoms with van der Waals surface area (Å²) in [7, 11) is 0. The summed E-state index contributed by atoms with van der Waals surface area (Å²) < 4.78 is 1.56. The summed E-state index contributed by atoms with van der Waals surface area (Å²) in [6, 6.07) is 0.486. The fraction of sp³-hybridized carbons (Fsp3) is 0.636. The molecule has 2 heterocycles. The van der Waals surface area contributed by atoms with E-state index in [2.05, 4.69) is 17.3 Å². The van der Waals surface area contributed by atoms with Crippen LogP contribution in [-0.2, 0) is 11.3 Å². The minimum Gasteiger partial charge on any atom is -0.379 e. The topological polar surface area (TPSA) is 72.9 Å². The van der Waals surface area contributed by atoms with Crippen molar-refractivity contribution in [2.45, 2.75) is 37.6 Å². The van der Waals surface area contributed by atoms with E-state index in [0.717, 1.165) is 5.69 Å². The van der Waals surface area contributed by atoms with E-state index in [1.807, 2.05) is 18.0 Å². The summed E-state index contributed by atoms with van der Waals surface area (Å²) in [4.78, 5) is 10.8. The molecule has 0 saturated carbocycles. The molecule has 0 bridgehead atoms. The first kappa shape index (κ1) is 12.3. The molecule has 1 aromatic rings. The Morgan fingerprint density at radius 3 is 3.29 bits per heavy atom. The van der Waals surface area contributed by atoms with E-state index in [0.29, 0.717) is 11.3 Å². The van der Waals surface area contributed by atoms with Crippen molar-refractivity contribution >= 4 is 23.4 Å². The first-order valence-corrected chi connectivity index (χ1v) is 6.89. The third-order valence-corrected chi connectivity index (χ3v) is 4.29. The summed E-state index contributed by atoms with van der Waals surface area (Å²) in [5.41, 5.74) is 6.08. The minimum atomic E-state index is -0.374. The minimum absolute atomic E-state index is 0.136. The number of hydrogen-bond acceptors (Lipinski definition) is 4. The Labute approximate surface area is 105 Å². The largest absolute Gasteiger partial charge is 0.379 e. The van der Waals surface area contributed by atoms with Crippen LogP contribution in [0, 0.1) is 0 Å². The van der Waals surface area contributed by atoms with Crippen LogP contribution < -0.4 is 11.1 Å². The molecule has 1 aliphatic heterocycles. The lowest BCUT2D eigenvalue weighted by Gasteiger charge is -2.29. The third-order valence-electron chi connectivity index (χ3n) is 2.91. The molecule has 0 spiro atoms. The van der Waals surface area contributed by atoms with Gasteiger partial charge in [-0.3, -0.25) is 9.48 Å². The number of thioether (sulfide) groups is 1. The number of amides is 1. The number of nitrogens with zero attached hydrogens (tertiary/aromatic N) is 2. The standard InChI is InChI=1S/C11H18N4OS/c1-8-10(3-2-4-17-8)14-9-5-13-15(6-9)7-11(12)16/h5-6,8,10,14H,2-4,7H2,1H3,(H2,12,16). The predicted molar refractivity (Wildman–Crippen MR) is 70.0 cm³/mol. The van der Waals surface area contributed by atoms with E-state index >= 15 is 0 Å². The monoisotopic (exact) mass is 254 g/mol. The molecule has 1 fully saturated rings. The van der Waals surface area contributed by atoms with Crippen molar-refractivity contribution in [3.05, 3.63) is 12.4 Å². The van der Waals surface area contributed by atoms with Crippen LogP contribution in [0.25, 0.3) is 0 Å². The molecule has 0 aliphatic carbocycles. The van der Waals surface area contributed by atoms with Gasteiger partial charge in [0.05, 0.1) is 11.9 Å². The van der Waals surface area contributed by atoms with Gasteiger partial charge in [0.25, 0.3) is 0 Å². The summed E-state index contributed by atoms with van der Waals surface area (Å²) in [5.74, 6) is 0.876. The van der Waals surface area contributed by atoms with Gasteiger partial charge in [-0.2, -0.15) is 16.9 Å². The Kier molecular flexibility index (Phi) is 3.93. The Hall–Kier alpha value is -1.17. The first-order valence-electron chi connectivity index (χ1n) is 5.84. The summed E-state index contributed by atoms with van der Waals surface area (Å²) in [5, 5.41) is 8.18. The highest BCUT2D eigenvalue weighted by atomic mass is 32.2. The van der Waals surface area contributed by atoms with Crippen LogP contribution >= 0.6 is 11.8 Å². The van der Waals surface area contributed by atoms with Gasteiger partial charge in [0.2, 0.25) is 5.91 Å². The second-order valence-electron chi connectivity index (χ2n) is 4.36. The number of aromatic nitrogens is 2. The normalized spacial score (nSPS) is 24.5. The fourth-order valence-electron chi connectivity index (χ4n) is 2.01. The molecule has 2 atom stereocenters. The Morgan fingerprint density at radius 2 is 2.59 bits per heavy atom. The Morgan fingerprint density at radius 1 is 1.76 bits per heavy atom. The van der Waals surface area contributed by atoms with Gasteiger partial charge in [-0.1, -0.05) is 6.92 Å². The second-order valence-corrected chi connectivity index (χ2v) is 5.85. The van der Waals surface area contributed by atoms with Gasteiger partial charge < -0.3 is 11.1 Å². The molecule has 3 N–H and O–H groups in total. The average molecular weight is 254 g/mol. The van der Waals surface area contributed by atoms with E-state index in [1.165, 1.54) is 18.6 Å². The maximum absolute atomic E-state index is 10.8. The van der Waals surface area contributed by atoms with Gasteiger partial charge in [0.15, 0.2) is 0 Å². The van der Waals surface area contributed by atoms with Crippen molar-refractivity contribution in [1.29, 1.82) is 0 Å². The lowest BCUT2D eigenvalue weighted by molar-refractivity contribution is -0.118. The highest BCUT2D eigenvalue weighted by Crippen LogP contribution is 2.27. The highest BCUT2D eigenvalue weighted by molar-refractivity contribution is 8.00. The lowest BCUT2D eigenvalue weighted by atomic mass is 10.1. The van der Waals surface area contributed by atoms with Gasteiger partial charge >= 0.3 is 0 Å². The zero-order valence-electron chi connectivity index (χ0n) is 9.93. The fourth-order valence-corrected chi connectivity index (χ4v) is 3.15. The maximum atomic E-state index is 10.8. The third kappa shape index (κ3) is 3.39. The van der Waals surface area contributed by atoms with Crippen LogP contribution in [-0.4, -0.2) is 32.7 Å². The molecule has 1 saturated heterocycles. The number of hydrogen-bond donors (Lipinski definition) is 2. The van der Waals surface area contributed by atoms with E-state index in [1.54, 1.807) is 10.9 Å². The number of rotatable bonds is 4. The Balaban J connectivity index is 1.93. The number of primary amides is 1. The molecular formula is C11H18N4OS. The molecule has 2 unspecified atom stereocenters. The van der Waals surface area contributed by atoms with Gasteiger partial charge in [-0.05, 0) is 18.6 Å². The van der Waals surface area contributed by atoms with E-state index in [-0.39, 0.29) is 12.5 Å². The molecule has 1 aliphatic rings. The van der Waals surface area contributed by atoms with Crippen molar-refractivity contribution in [1.82, 2.24) is 9.78 Å². The van der Waals surface area contributed by atoms with Crippen molar-refractivity contribution in [3.8, 4) is 0 Å². The first-order chi connectivity index (χ1) is 8.15. The summed E-state index contributed by atoms with van der Waals surface area (Å²) in [6.45, 7) is 2.38. The maximum Gasteiger partial charge on any atom is 0.239 e. The van der Waals surface area contributed by atoms with Gasteiger partial charge in [0.1, 0.15) is 6.54 Å². The molecule has 1 aromatic heterocycles. The molecule has 17 heavy (non-hydrogen) atoms. The zero-order valence-corrected chi connectivity index (χ0v) is 10.7. The number of anilines is 1. The average Bonchev–Trinajstić information content (AvgIpc) is 2.68. The molecular weight excluding hydrogens is 236 g/mol. The van der Waals surface area contributed by atoms with Crippen LogP contribution in [0.4, 0.5) is 5.69 Å². The van der Waals surface area contributed by atoms with Crippen LogP contribution in [0.1, 0.15) is 19.8 Å². The molecule has 6 heteroatoms. The quantitative estimate of drug-likeness (QED) is 0.843. The molecule has 1 amide bonds. The number of nitrogens with two attached hydrogens (primary N) is 1. The predicted octanol–water partition coefficient (Wildman–Crippen LogP) is 1.06. The SMILES string of the molecule is CC1SCCCC1Nc1cnn(CC(N)=O)c1. The molecule has 0 radical (unpaired) electrons. The lowest BCUT2D eigenvalue weighted by Crippen LogP contribution is -2.32. The van der Waals surface area contributed by atoms with Crippen LogP contribution in [0.2, 0.25) is 0 Å². The summed E-state index contributed by atoms with van der Waals surface area (Å²) >= 11 is 2.00. The zero-order chi connectivity index (χ0) is 12.3. The Bertz CT molecular complexity index is 393. The molecule has 2 rings (SSSR count). The summed E-state index contributed by atoms with van der Waals surface area (Å²) in [6.07, 6.45) is 6.02. The van der Waals surface area contributed by atoms with E-state index in [4.69, 9.17) is 5.73 Å². The second kappa shape index (κ2) is 5.44. The molecule has 5 nitrogen and oxygen atoms in total. The van der Waals surface area contributed by atoms with Gasteiger partial charge in [-0.15, -0.1) is 0 Å². The van der Waals surface area contributed by atoms with Crippen molar-refractivity contribution in [2.24, 2.45) is 5.73 Å². The molecule has 94 valence electrons. The van der Waals surface area contributed by atoms with Crippen molar-refractivity contribution in [2.75, 3.05) is 11.1 Å². The van der Waals surface area contributed by atoms with Gasteiger partial charge in [0, 0.05) is 17.5 Å². The molecule has 0 aromatic carbocycles. The van der Waals surface area contributed by atoms with Crippen LogP contribution in [0.5, 0.6) is 0 Å². The van der Waals surface area contributed by atoms with Crippen LogP contribution in [0.15, 0.2) is 12.4 Å². The van der Waals surface area contributed by atoms with Crippen molar-refractivity contribution in [3.63, 3.8) is 0 Å². The van der Waals surface area contributed by atoms with Crippen molar-refractivity contribution < 1.29 is 4.79 Å². The van der Waals surface area contributed by atoms with E-state index in [9.17, 15) is 4.79 Å².